The molecule has 0 spiro atoms. The van der Waals surface area contributed by atoms with Crippen LogP contribution in [0, 0.1) is 13.8 Å². The number of aliphatic carboxylic acids is 1. The first-order chi connectivity index (χ1) is 9.95. The molecule has 0 aliphatic rings. The highest BCUT2D eigenvalue weighted by atomic mass is 32.1. The monoisotopic (exact) mass is 301 g/mol. The quantitative estimate of drug-likeness (QED) is 0.871. The third-order valence-corrected chi connectivity index (χ3v) is 3.61. The summed E-state index contributed by atoms with van der Waals surface area (Å²) < 4.78 is 0. The number of carbonyl (C=O) groups is 2. The van der Waals surface area contributed by atoms with E-state index >= 15 is 0 Å². The topological polar surface area (TPSA) is 82.1 Å². The molecule has 0 atom stereocenters. The molecule has 0 aliphatic carbocycles. The molecule has 0 aliphatic heterocycles. The molecule has 0 bridgehead atoms. The molecule has 1 heterocycles. The summed E-state index contributed by atoms with van der Waals surface area (Å²) in [5.41, 5.74) is 2.94. The van der Waals surface area contributed by atoms with Crippen molar-refractivity contribution in [3.8, 4) is 11.3 Å². The van der Waals surface area contributed by atoms with Gasteiger partial charge in [-0.05, 0) is 19.9 Å². The second kappa shape index (κ2) is 6.32. The molecule has 21 heavy (non-hydrogen) atoms. The number of anilines is 1. The average molecular weight is 301 g/mol. The van der Waals surface area contributed by atoms with Gasteiger partial charge in [0.25, 0.3) is 0 Å². The van der Waals surface area contributed by atoms with Crippen LogP contribution >= 0.6 is 11.3 Å². The zero-order valence-electron chi connectivity index (χ0n) is 11.5. The maximum absolute atomic E-state index is 11.5. The number of nitrogens with one attached hydrogen (secondary N) is 1. The van der Waals surface area contributed by atoms with Gasteiger partial charge in [0.15, 0.2) is 5.13 Å². The van der Waals surface area contributed by atoms with Crippen LogP contribution in [0.15, 0.2) is 36.4 Å². The van der Waals surface area contributed by atoms with Crippen LogP contribution in [-0.4, -0.2) is 16.9 Å². The lowest BCUT2D eigenvalue weighted by Crippen LogP contribution is -2.20. The first-order valence-electron chi connectivity index (χ1n) is 6.20. The number of carboxylic acid groups (broad SMARTS) is 1. The van der Waals surface area contributed by atoms with Gasteiger partial charge < -0.3 is 9.90 Å². The molecule has 2 rings (SSSR count). The van der Waals surface area contributed by atoms with Gasteiger partial charge in [0, 0.05) is 16.5 Å². The fourth-order valence-electron chi connectivity index (χ4n) is 1.72. The number of amides is 1. The third kappa shape index (κ3) is 4.00. The van der Waals surface area contributed by atoms with Crippen LogP contribution in [0.2, 0.25) is 0 Å². The van der Waals surface area contributed by atoms with E-state index in [1.54, 1.807) is 0 Å². The fourth-order valence-corrected chi connectivity index (χ4v) is 2.56. The first-order valence-corrected chi connectivity index (χ1v) is 7.02. The molecule has 1 N–H and O–H groups in total. The molecule has 0 radical (unpaired) electrons. The standard InChI is InChI=1S/C15H14N2O3S/c1-9-3-5-11(6-4-9)14-10(2)21-15(17-14)16-12(18)7-8-13(19)20/h3-8H,1-2H3,(H,19,20)(H,16,17,18)/p-1/b8-7+. The Labute approximate surface area is 126 Å². The summed E-state index contributed by atoms with van der Waals surface area (Å²) in [4.78, 5) is 27.1. The number of rotatable bonds is 4. The molecule has 108 valence electrons. The maximum Gasteiger partial charge on any atom is 0.250 e. The van der Waals surface area contributed by atoms with E-state index < -0.39 is 11.9 Å². The zero-order valence-corrected chi connectivity index (χ0v) is 12.4. The summed E-state index contributed by atoms with van der Waals surface area (Å²) >= 11 is 1.34. The Hall–Kier alpha value is -2.47. The Balaban J connectivity index is 2.17. The predicted molar refractivity (Wildman–Crippen MR) is 79.8 cm³/mol. The van der Waals surface area contributed by atoms with Crippen molar-refractivity contribution in [3.63, 3.8) is 0 Å². The second-order valence-electron chi connectivity index (χ2n) is 4.43. The Morgan fingerprint density at radius 3 is 2.48 bits per heavy atom. The summed E-state index contributed by atoms with van der Waals surface area (Å²) in [7, 11) is 0. The SMILES string of the molecule is Cc1ccc(-c2nc(NC(=O)/C=C/C(=O)[O-])sc2C)cc1. The minimum absolute atomic E-state index is 0.427. The Morgan fingerprint density at radius 2 is 1.86 bits per heavy atom. The van der Waals surface area contributed by atoms with Crippen molar-refractivity contribution >= 4 is 28.3 Å². The molecule has 2 aromatic rings. The van der Waals surface area contributed by atoms with Gasteiger partial charge in [-0.25, -0.2) is 4.98 Å². The number of carboxylic acids is 1. The summed E-state index contributed by atoms with van der Waals surface area (Å²) in [6.45, 7) is 3.92. The van der Waals surface area contributed by atoms with Crippen LogP contribution in [0.25, 0.3) is 11.3 Å². The number of carbonyl (C=O) groups excluding carboxylic acids is 2. The molecule has 6 heteroatoms. The van der Waals surface area contributed by atoms with Crippen LogP contribution in [0.3, 0.4) is 0 Å². The van der Waals surface area contributed by atoms with Crippen molar-refractivity contribution in [3.05, 3.63) is 46.9 Å². The molecule has 5 nitrogen and oxygen atoms in total. The summed E-state index contributed by atoms with van der Waals surface area (Å²) in [6, 6.07) is 7.93. The van der Waals surface area contributed by atoms with Gasteiger partial charge in [0.2, 0.25) is 5.91 Å². The van der Waals surface area contributed by atoms with Crippen LogP contribution < -0.4 is 10.4 Å². The predicted octanol–water partition coefficient (Wildman–Crippen LogP) is 1.67. The second-order valence-corrected chi connectivity index (χ2v) is 5.63. The molecule has 1 amide bonds. The summed E-state index contributed by atoms with van der Waals surface area (Å²) in [5.74, 6) is -1.97. The summed E-state index contributed by atoms with van der Waals surface area (Å²) in [6.07, 6.45) is 1.58. The molecule has 0 saturated heterocycles. The molecule has 1 aromatic carbocycles. The Morgan fingerprint density at radius 1 is 1.19 bits per heavy atom. The molecule has 0 unspecified atom stereocenters. The van der Waals surface area contributed by atoms with E-state index in [-0.39, 0.29) is 0 Å². The van der Waals surface area contributed by atoms with Crippen LogP contribution in [-0.2, 0) is 9.59 Å². The number of aromatic nitrogens is 1. The highest BCUT2D eigenvalue weighted by Gasteiger charge is 2.10. The normalized spacial score (nSPS) is 10.8. The number of aryl methyl sites for hydroxylation is 2. The minimum atomic E-state index is -1.42. The van der Waals surface area contributed by atoms with E-state index in [1.165, 1.54) is 11.3 Å². The minimum Gasteiger partial charge on any atom is -0.545 e. The fraction of sp³-hybridized carbons (Fsp3) is 0.133. The lowest BCUT2D eigenvalue weighted by Gasteiger charge is -1.99. The lowest BCUT2D eigenvalue weighted by molar-refractivity contribution is -0.297. The van der Waals surface area contributed by atoms with Gasteiger partial charge in [-0.15, -0.1) is 11.3 Å². The van der Waals surface area contributed by atoms with Gasteiger partial charge >= 0.3 is 0 Å². The van der Waals surface area contributed by atoms with Crippen molar-refractivity contribution in [1.82, 2.24) is 4.98 Å². The molecule has 0 fully saturated rings. The van der Waals surface area contributed by atoms with Crippen molar-refractivity contribution < 1.29 is 14.7 Å². The third-order valence-electron chi connectivity index (χ3n) is 2.72. The van der Waals surface area contributed by atoms with Gasteiger partial charge in [-0.3, -0.25) is 10.1 Å². The highest BCUT2D eigenvalue weighted by molar-refractivity contribution is 7.16. The number of hydrogen-bond donors (Lipinski definition) is 1. The molecule has 0 saturated carbocycles. The van der Waals surface area contributed by atoms with Crippen LogP contribution in [0.4, 0.5) is 5.13 Å². The average Bonchev–Trinajstić information content (AvgIpc) is 2.78. The maximum atomic E-state index is 11.5. The van der Waals surface area contributed by atoms with E-state index in [0.717, 1.165) is 27.8 Å². The summed E-state index contributed by atoms with van der Waals surface area (Å²) in [5, 5.41) is 13.2. The Kier molecular flexibility index (Phi) is 4.49. The van der Waals surface area contributed by atoms with Gasteiger partial charge in [-0.2, -0.15) is 0 Å². The van der Waals surface area contributed by atoms with Crippen molar-refractivity contribution in [2.45, 2.75) is 13.8 Å². The van der Waals surface area contributed by atoms with Gasteiger partial charge in [0.1, 0.15) is 0 Å². The number of thiazole rings is 1. The van der Waals surface area contributed by atoms with Crippen molar-refractivity contribution in [2.24, 2.45) is 0 Å². The van der Waals surface area contributed by atoms with Crippen LogP contribution in [0.1, 0.15) is 10.4 Å². The smallest absolute Gasteiger partial charge is 0.250 e. The van der Waals surface area contributed by atoms with E-state index in [9.17, 15) is 14.7 Å². The van der Waals surface area contributed by atoms with E-state index in [2.05, 4.69) is 10.3 Å². The Bertz CT molecular complexity index is 702. The molecular formula is C15H13N2O3S-. The molecular weight excluding hydrogens is 288 g/mol. The van der Waals surface area contributed by atoms with E-state index in [4.69, 9.17) is 0 Å². The van der Waals surface area contributed by atoms with Crippen LogP contribution in [0.5, 0.6) is 0 Å². The highest BCUT2D eigenvalue weighted by Crippen LogP contribution is 2.30. The number of nitrogens with zero attached hydrogens (tertiary/aromatic N) is 1. The van der Waals surface area contributed by atoms with Gasteiger partial charge in [0.05, 0.1) is 11.7 Å². The van der Waals surface area contributed by atoms with Crippen molar-refractivity contribution in [1.29, 1.82) is 0 Å². The van der Waals surface area contributed by atoms with E-state index in [1.807, 2.05) is 38.1 Å². The lowest BCUT2D eigenvalue weighted by atomic mass is 10.1. The first kappa shape index (κ1) is 14.9. The number of benzene rings is 1. The molecule has 1 aromatic heterocycles. The number of hydrogen-bond acceptors (Lipinski definition) is 5. The largest absolute Gasteiger partial charge is 0.545 e. The zero-order chi connectivity index (χ0) is 15.4. The van der Waals surface area contributed by atoms with Gasteiger partial charge in [-0.1, -0.05) is 29.8 Å². The van der Waals surface area contributed by atoms with E-state index in [0.29, 0.717) is 11.2 Å². The van der Waals surface area contributed by atoms with Crippen molar-refractivity contribution in [2.75, 3.05) is 5.32 Å².